The first kappa shape index (κ1) is 62.8. The fraction of sp³-hybridized carbons (Fsp3) is 0.750. The first-order chi connectivity index (χ1) is 32.5. The fourth-order valence-electron chi connectivity index (χ4n) is 7.69. The highest BCUT2D eigenvalue weighted by Crippen LogP contribution is 2.15. The molecule has 0 fully saturated rings. The Hall–Kier alpha value is -3.15. The Balaban J connectivity index is 4.46. The molecule has 0 aromatic carbocycles. The molecular weight excluding hydrogens is 817 g/mol. The number of hydrogen-bond acceptors (Lipinski definition) is 6. The lowest BCUT2D eigenvalue weighted by molar-refractivity contribution is -0.167. The molecule has 0 bridgehead atoms. The zero-order valence-electron chi connectivity index (χ0n) is 43.4. The summed E-state index contributed by atoms with van der Waals surface area (Å²) in [5.41, 5.74) is 0. The molecule has 0 unspecified atom stereocenters. The Morgan fingerprint density at radius 3 is 0.879 bits per heavy atom. The standard InChI is InChI=1S/C60H104O6/c1-4-7-10-13-16-19-22-25-28-29-30-33-35-38-41-44-47-50-53-59(62)65-56-57(66-60(63)54-51-48-45-42-39-36-32-27-24-21-18-15-12-9-6-3)55-64-58(61)52-49-46-43-40-37-34-31-26-23-20-17-14-11-8-5-2/h17-18,20-21,26-27,31-32,37,39-40,42,57H,4-16,19,22-25,28-30,33-36,38,41,43-56H2,1-3H3/b20-17-,21-18-,31-26-,32-27-,40-37-,42-39-/t57-/m1/s1. The van der Waals surface area contributed by atoms with Gasteiger partial charge in [-0.1, -0.05) is 229 Å². The number of unbranched alkanes of at least 4 members (excludes halogenated alkanes) is 27. The van der Waals surface area contributed by atoms with Crippen LogP contribution in [0.1, 0.15) is 271 Å². The molecule has 0 heterocycles. The molecule has 1 atom stereocenters. The average Bonchev–Trinajstić information content (AvgIpc) is 3.31. The van der Waals surface area contributed by atoms with Gasteiger partial charge in [-0.15, -0.1) is 0 Å². The monoisotopic (exact) mass is 921 g/mol. The molecule has 0 aliphatic heterocycles. The largest absolute Gasteiger partial charge is 0.462 e. The Labute approximate surface area is 408 Å². The van der Waals surface area contributed by atoms with Crippen LogP contribution in [0.15, 0.2) is 72.9 Å². The zero-order valence-corrected chi connectivity index (χ0v) is 43.4. The van der Waals surface area contributed by atoms with E-state index in [9.17, 15) is 14.4 Å². The number of ether oxygens (including phenoxy) is 3. The van der Waals surface area contributed by atoms with Crippen LogP contribution >= 0.6 is 0 Å². The lowest BCUT2D eigenvalue weighted by Gasteiger charge is -2.18. The van der Waals surface area contributed by atoms with Crippen molar-refractivity contribution >= 4 is 17.9 Å². The van der Waals surface area contributed by atoms with Gasteiger partial charge in [-0.3, -0.25) is 14.4 Å². The van der Waals surface area contributed by atoms with Gasteiger partial charge in [0.1, 0.15) is 13.2 Å². The predicted octanol–water partition coefficient (Wildman–Crippen LogP) is 18.6. The first-order valence-corrected chi connectivity index (χ1v) is 27.9. The van der Waals surface area contributed by atoms with E-state index in [1.165, 1.54) is 148 Å². The van der Waals surface area contributed by atoms with Gasteiger partial charge in [0.15, 0.2) is 6.10 Å². The van der Waals surface area contributed by atoms with E-state index in [1.807, 2.05) is 0 Å². The Morgan fingerprint density at radius 2 is 0.545 bits per heavy atom. The third-order valence-electron chi connectivity index (χ3n) is 11.9. The van der Waals surface area contributed by atoms with E-state index in [1.54, 1.807) is 0 Å². The third kappa shape index (κ3) is 51.8. The van der Waals surface area contributed by atoms with Crippen molar-refractivity contribution in [3.05, 3.63) is 72.9 Å². The maximum absolute atomic E-state index is 12.8. The summed E-state index contributed by atoms with van der Waals surface area (Å²) in [7, 11) is 0. The molecule has 0 saturated heterocycles. The molecular formula is C60H104O6. The molecule has 0 spiro atoms. The molecule has 0 N–H and O–H groups in total. The number of hydrogen-bond donors (Lipinski definition) is 0. The Kier molecular flexibility index (Phi) is 51.9. The van der Waals surface area contributed by atoms with Crippen molar-refractivity contribution in [3.63, 3.8) is 0 Å². The molecule has 6 nitrogen and oxygen atoms in total. The van der Waals surface area contributed by atoms with E-state index in [2.05, 4.69) is 93.7 Å². The Bertz CT molecular complexity index is 1240. The smallest absolute Gasteiger partial charge is 0.306 e. The summed E-state index contributed by atoms with van der Waals surface area (Å²) in [4.78, 5) is 38.1. The lowest BCUT2D eigenvalue weighted by atomic mass is 10.0. The van der Waals surface area contributed by atoms with Crippen LogP contribution in [-0.2, 0) is 28.6 Å². The van der Waals surface area contributed by atoms with Crippen LogP contribution in [0.25, 0.3) is 0 Å². The predicted molar refractivity (Wildman–Crippen MR) is 284 cm³/mol. The van der Waals surface area contributed by atoms with Crippen molar-refractivity contribution in [2.75, 3.05) is 13.2 Å². The van der Waals surface area contributed by atoms with Gasteiger partial charge in [0, 0.05) is 19.3 Å². The molecule has 0 aromatic heterocycles. The van der Waals surface area contributed by atoms with Crippen LogP contribution < -0.4 is 0 Å². The van der Waals surface area contributed by atoms with Crippen molar-refractivity contribution in [1.29, 1.82) is 0 Å². The summed E-state index contributed by atoms with van der Waals surface area (Å²) >= 11 is 0. The van der Waals surface area contributed by atoms with Crippen LogP contribution in [-0.4, -0.2) is 37.2 Å². The van der Waals surface area contributed by atoms with Gasteiger partial charge in [0.05, 0.1) is 0 Å². The van der Waals surface area contributed by atoms with Crippen molar-refractivity contribution in [3.8, 4) is 0 Å². The zero-order chi connectivity index (χ0) is 47.9. The molecule has 0 radical (unpaired) electrons. The maximum Gasteiger partial charge on any atom is 0.306 e. The molecule has 0 saturated carbocycles. The van der Waals surface area contributed by atoms with Crippen molar-refractivity contribution in [2.45, 2.75) is 277 Å². The van der Waals surface area contributed by atoms with Crippen LogP contribution in [0.4, 0.5) is 0 Å². The van der Waals surface area contributed by atoms with Crippen molar-refractivity contribution in [2.24, 2.45) is 0 Å². The van der Waals surface area contributed by atoms with Crippen molar-refractivity contribution in [1.82, 2.24) is 0 Å². The summed E-state index contributed by atoms with van der Waals surface area (Å²) in [5.74, 6) is -0.973. The highest BCUT2D eigenvalue weighted by Gasteiger charge is 2.19. The molecule has 0 rings (SSSR count). The summed E-state index contributed by atoms with van der Waals surface area (Å²) < 4.78 is 16.8. The normalized spacial score (nSPS) is 12.6. The van der Waals surface area contributed by atoms with E-state index < -0.39 is 6.10 Å². The fourth-order valence-corrected chi connectivity index (χ4v) is 7.69. The number of rotatable bonds is 50. The number of allylic oxidation sites excluding steroid dienone is 12. The quantitative estimate of drug-likeness (QED) is 0.0262. The van der Waals surface area contributed by atoms with Gasteiger partial charge in [0.2, 0.25) is 0 Å². The molecule has 0 aliphatic carbocycles. The molecule has 0 amide bonds. The average molecular weight is 921 g/mol. The number of carbonyl (C=O) groups is 3. The van der Waals surface area contributed by atoms with Gasteiger partial charge < -0.3 is 14.2 Å². The van der Waals surface area contributed by atoms with Crippen LogP contribution in [0.3, 0.4) is 0 Å². The molecule has 6 heteroatoms. The van der Waals surface area contributed by atoms with E-state index in [0.717, 1.165) is 77.0 Å². The lowest BCUT2D eigenvalue weighted by Crippen LogP contribution is -2.30. The van der Waals surface area contributed by atoms with Gasteiger partial charge in [-0.05, 0) is 96.3 Å². The molecule has 0 aromatic rings. The van der Waals surface area contributed by atoms with Gasteiger partial charge in [-0.25, -0.2) is 0 Å². The molecule has 66 heavy (non-hydrogen) atoms. The van der Waals surface area contributed by atoms with Crippen LogP contribution in [0, 0.1) is 0 Å². The summed E-state index contributed by atoms with van der Waals surface area (Å²) in [6, 6.07) is 0. The van der Waals surface area contributed by atoms with Crippen LogP contribution in [0.2, 0.25) is 0 Å². The van der Waals surface area contributed by atoms with E-state index in [4.69, 9.17) is 14.2 Å². The molecule has 0 aliphatic rings. The summed E-state index contributed by atoms with van der Waals surface area (Å²) in [6.45, 7) is 6.53. The van der Waals surface area contributed by atoms with E-state index in [0.29, 0.717) is 19.3 Å². The van der Waals surface area contributed by atoms with E-state index in [-0.39, 0.29) is 37.5 Å². The maximum atomic E-state index is 12.8. The topological polar surface area (TPSA) is 78.9 Å². The van der Waals surface area contributed by atoms with Gasteiger partial charge >= 0.3 is 17.9 Å². The van der Waals surface area contributed by atoms with Gasteiger partial charge in [0.25, 0.3) is 0 Å². The second kappa shape index (κ2) is 54.5. The third-order valence-corrected chi connectivity index (χ3v) is 11.9. The van der Waals surface area contributed by atoms with Crippen LogP contribution in [0.5, 0.6) is 0 Å². The molecule has 380 valence electrons. The second-order valence-corrected chi connectivity index (χ2v) is 18.5. The first-order valence-electron chi connectivity index (χ1n) is 27.9. The Morgan fingerprint density at radius 1 is 0.303 bits per heavy atom. The number of carbonyl (C=O) groups excluding carboxylic acids is 3. The number of esters is 3. The van der Waals surface area contributed by atoms with Crippen molar-refractivity contribution < 1.29 is 28.6 Å². The summed E-state index contributed by atoms with van der Waals surface area (Å²) in [5, 5.41) is 0. The summed E-state index contributed by atoms with van der Waals surface area (Å²) in [6.07, 6.45) is 68.9. The second-order valence-electron chi connectivity index (χ2n) is 18.5. The minimum Gasteiger partial charge on any atom is -0.462 e. The van der Waals surface area contributed by atoms with E-state index >= 15 is 0 Å². The minimum atomic E-state index is -0.809. The van der Waals surface area contributed by atoms with Gasteiger partial charge in [-0.2, -0.15) is 0 Å². The highest BCUT2D eigenvalue weighted by atomic mass is 16.6. The minimum absolute atomic E-state index is 0.101. The highest BCUT2D eigenvalue weighted by molar-refractivity contribution is 5.71. The SMILES string of the molecule is CCCCC/C=C\C/C=C\C/C=C\CCCCC(=O)OC[C@H](COC(=O)CCCCCCCCCCCCCCCCCCCC)OC(=O)CCCC/C=C\C/C=C\C/C=C\CCCCC.